The number of nitrogens with one attached hydrogen (secondary N) is 1. The highest BCUT2D eigenvalue weighted by Gasteiger charge is 2.03. The molecule has 0 saturated heterocycles. The lowest BCUT2D eigenvalue weighted by Crippen LogP contribution is -2.01. The summed E-state index contributed by atoms with van der Waals surface area (Å²) in [5.74, 6) is 1.05. The van der Waals surface area contributed by atoms with Crippen LogP contribution in [0.3, 0.4) is 0 Å². The van der Waals surface area contributed by atoms with Gasteiger partial charge in [0.15, 0.2) is 0 Å². The fourth-order valence-electron chi connectivity index (χ4n) is 1.43. The van der Waals surface area contributed by atoms with E-state index in [1.54, 1.807) is 12.1 Å². The van der Waals surface area contributed by atoms with Gasteiger partial charge in [-0.2, -0.15) is 5.26 Å². The molecule has 2 aromatic rings. The van der Waals surface area contributed by atoms with Crippen LogP contribution in [0.25, 0.3) is 0 Å². The summed E-state index contributed by atoms with van der Waals surface area (Å²) in [5.41, 5.74) is 1.86. The van der Waals surface area contributed by atoms with Gasteiger partial charge in [0, 0.05) is 0 Å². The second-order valence-corrected chi connectivity index (χ2v) is 4.31. The van der Waals surface area contributed by atoms with Gasteiger partial charge in [0.25, 0.3) is 0 Å². The second kappa shape index (κ2) is 5.02. The zero-order valence-corrected chi connectivity index (χ0v) is 10.8. The number of pyridine rings is 1. The highest BCUT2D eigenvalue weighted by Crippen LogP contribution is 2.17. The SMILES string of the molecule is Cc1nc(Br)ccc1NCc1ccc(C#N)o1. The van der Waals surface area contributed by atoms with Crippen molar-refractivity contribution in [3.63, 3.8) is 0 Å². The predicted molar refractivity (Wildman–Crippen MR) is 67.4 cm³/mol. The number of rotatable bonds is 3. The Balaban J connectivity index is 2.05. The van der Waals surface area contributed by atoms with E-state index in [1.165, 1.54) is 0 Å². The Morgan fingerprint density at radius 1 is 1.41 bits per heavy atom. The molecule has 0 aromatic carbocycles. The maximum atomic E-state index is 8.63. The van der Waals surface area contributed by atoms with Crippen LogP contribution in [0.5, 0.6) is 0 Å². The number of aryl methyl sites for hydroxylation is 1. The largest absolute Gasteiger partial charge is 0.449 e. The van der Waals surface area contributed by atoms with Crippen LogP contribution in [0.15, 0.2) is 33.3 Å². The van der Waals surface area contributed by atoms with Gasteiger partial charge in [-0.15, -0.1) is 0 Å². The first-order valence-electron chi connectivity index (χ1n) is 5.05. The molecule has 0 spiro atoms. The molecule has 0 bridgehead atoms. The Hall–Kier alpha value is -1.80. The third kappa shape index (κ3) is 2.86. The Morgan fingerprint density at radius 2 is 2.24 bits per heavy atom. The van der Waals surface area contributed by atoms with E-state index in [4.69, 9.17) is 9.68 Å². The van der Waals surface area contributed by atoms with Crippen LogP contribution in [0.1, 0.15) is 17.2 Å². The summed E-state index contributed by atoms with van der Waals surface area (Å²) in [7, 11) is 0. The topological polar surface area (TPSA) is 61.9 Å². The van der Waals surface area contributed by atoms with Gasteiger partial charge in [0.1, 0.15) is 16.4 Å². The van der Waals surface area contributed by atoms with E-state index in [9.17, 15) is 0 Å². The third-order valence-corrected chi connectivity index (χ3v) is 2.72. The summed E-state index contributed by atoms with van der Waals surface area (Å²) < 4.78 is 6.08. The highest BCUT2D eigenvalue weighted by atomic mass is 79.9. The summed E-state index contributed by atoms with van der Waals surface area (Å²) in [6.07, 6.45) is 0. The molecule has 2 aromatic heterocycles. The first-order valence-corrected chi connectivity index (χ1v) is 5.84. The van der Waals surface area contributed by atoms with Gasteiger partial charge in [0.05, 0.1) is 17.9 Å². The van der Waals surface area contributed by atoms with Crippen molar-refractivity contribution in [3.8, 4) is 6.07 Å². The first kappa shape index (κ1) is 11.7. The molecular formula is C12H10BrN3O. The van der Waals surface area contributed by atoms with Crippen molar-refractivity contribution in [2.24, 2.45) is 0 Å². The van der Waals surface area contributed by atoms with Crippen LogP contribution in [-0.4, -0.2) is 4.98 Å². The fraction of sp³-hybridized carbons (Fsp3) is 0.167. The summed E-state index contributed by atoms with van der Waals surface area (Å²) in [5, 5.41) is 11.8. The summed E-state index contributed by atoms with van der Waals surface area (Å²) in [6, 6.07) is 9.21. The highest BCUT2D eigenvalue weighted by molar-refractivity contribution is 9.10. The quantitative estimate of drug-likeness (QED) is 0.882. The first-order chi connectivity index (χ1) is 8.19. The number of hydrogen-bond acceptors (Lipinski definition) is 4. The molecule has 86 valence electrons. The molecule has 0 aliphatic heterocycles. The second-order valence-electron chi connectivity index (χ2n) is 3.50. The summed E-state index contributed by atoms with van der Waals surface area (Å²) in [4.78, 5) is 4.28. The van der Waals surface area contributed by atoms with E-state index in [2.05, 4.69) is 26.2 Å². The number of aromatic nitrogens is 1. The molecule has 0 unspecified atom stereocenters. The zero-order chi connectivity index (χ0) is 12.3. The van der Waals surface area contributed by atoms with Gasteiger partial charge in [-0.05, 0) is 47.1 Å². The number of hydrogen-bond donors (Lipinski definition) is 1. The van der Waals surface area contributed by atoms with Crippen LogP contribution in [0.2, 0.25) is 0 Å². The van der Waals surface area contributed by atoms with Crippen molar-refractivity contribution >= 4 is 21.6 Å². The molecule has 1 N–H and O–H groups in total. The van der Waals surface area contributed by atoms with E-state index in [-0.39, 0.29) is 0 Å². The Kier molecular flexibility index (Phi) is 3.45. The van der Waals surface area contributed by atoms with E-state index < -0.39 is 0 Å². The Morgan fingerprint density at radius 3 is 2.88 bits per heavy atom. The molecule has 5 heteroatoms. The van der Waals surface area contributed by atoms with Gasteiger partial charge in [-0.25, -0.2) is 4.98 Å². The maximum absolute atomic E-state index is 8.63. The predicted octanol–water partition coefficient (Wildman–Crippen LogP) is 3.23. The zero-order valence-electron chi connectivity index (χ0n) is 9.20. The molecule has 2 rings (SSSR count). The standard InChI is InChI=1S/C12H10BrN3O/c1-8-11(4-5-12(13)16-8)15-7-10-3-2-9(6-14)17-10/h2-5,15H,7H2,1H3. The smallest absolute Gasteiger partial charge is 0.203 e. The van der Waals surface area contributed by atoms with Crippen molar-refractivity contribution in [3.05, 3.63) is 46.1 Å². The Bertz CT molecular complexity index is 571. The third-order valence-electron chi connectivity index (χ3n) is 2.28. The van der Waals surface area contributed by atoms with Crippen LogP contribution in [-0.2, 0) is 6.54 Å². The molecular weight excluding hydrogens is 282 g/mol. The van der Waals surface area contributed by atoms with Crippen LogP contribution >= 0.6 is 15.9 Å². The van der Waals surface area contributed by atoms with Gasteiger partial charge in [-0.3, -0.25) is 0 Å². The summed E-state index contributed by atoms with van der Waals surface area (Å²) in [6.45, 7) is 2.46. The molecule has 0 aliphatic rings. The van der Waals surface area contributed by atoms with Gasteiger partial charge < -0.3 is 9.73 Å². The number of halogens is 1. The molecule has 0 aliphatic carbocycles. The van der Waals surface area contributed by atoms with Gasteiger partial charge in [0.2, 0.25) is 5.76 Å². The van der Waals surface area contributed by atoms with E-state index in [0.29, 0.717) is 12.3 Å². The molecule has 0 atom stereocenters. The molecule has 0 fully saturated rings. The van der Waals surface area contributed by atoms with Crippen molar-refractivity contribution in [1.82, 2.24) is 4.98 Å². The fourth-order valence-corrected chi connectivity index (χ4v) is 1.83. The van der Waals surface area contributed by atoms with Crippen molar-refractivity contribution in [2.75, 3.05) is 5.32 Å². The van der Waals surface area contributed by atoms with Crippen molar-refractivity contribution < 1.29 is 4.42 Å². The van der Waals surface area contributed by atoms with E-state index in [0.717, 1.165) is 21.7 Å². The minimum absolute atomic E-state index is 0.326. The van der Waals surface area contributed by atoms with Crippen LogP contribution < -0.4 is 5.32 Å². The van der Waals surface area contributed by atoms with Gasteiger partial charge in [-0.1, -0.05) is 0 Å². The molecule has 0 saturated carbocycles. The average molecular weight is 292 g/mol. The van der Waals surface area contributed by atoms with Crippen molar-refractivity contribution in [1.29, 1.82) is 5.26 Å². The maximum Gasteiger partial charge on any atom is 0.203 e. The molecule has 4 nitrogen and oxygen atoms in total. The van der Waals surface area contributed by atoms with Gasteiger partial charge >= 0.3 is 0 Å². The Labute approximate surface area is 107 Å². The molecule has 2 heterocycles. The lowest BCUT2D eigenvalue weighted by atomic mass is 10.3. The minimum Gasteiger partial charge on any atom is -0.449 e. The van der Waals surface area contributed by atoms with E-state index >= 15 is 0 Å². The normalized spacial score (nSPS) is 9.94. The number of anilines is 1. The van der Waals surface area contributed by atoms with Crippen LogP contribution in [0.4, 0.5) is 5.69 Å². The lowest BCUT2D eigenvalue weighted by Gasteiger charge is -2.07. The molecule has 0 amide bonds. The average Bonchev–Trinajstić information content (AvgIpc) is 2.76. The van der Waals surface area contributed by atoms with Crippen LogP contribution in [0, 0.1) is 18.3 Å². The molecule has 0 radical (unpaired) electrons. The number of nitriles is 1. The number of furan rings is 1. The summed E-state index contributed by atoms with van der Waals surface area (Å²) >= 11 is 3.31. The monoisotopic (exact) mass is 291 g/mol. The lowest BCUT2D eigenvalue weighted by molar-refractivity contribution is 0.506. The number of nitrogens with zero attached hydrogens (tertiary/aromatic N) is 2. The minimum atomic E-state index is 0.326. The molecule has 17 heavy (non-hydrogen) atoms. The van der Waals surface area contributed by atoms with E-state index in [1.807, 2.05) is 25.1 Å². The van der Waals surface area contributed by atoms with Crippen molar-refractivity contribution in [2.45, 2.75) is 13.5 Å².